The molecule has 16 heavy (non-hydrogen) atoms. The van der Waals surface area contributed by atoms with Crippen LogP contribution >= 0.6 is 0 Å². The van der Waals surface area contributed by atoms with Gasteiger partial charge >= 0.3 is 5.97 Å². The van der Waals surface area contributed by atoms with Gasteiger partial charge in [-0.1, -0.05) is 42.5 Å². The van der Waals surface area contributed by atoms with E-state index in [9.17, 15) is 4.79 Å². The summed E-state index contributed by atoms with van der Waals surface area (Å²) in [6.07, 6.45) is 3.31. The predicted molar refractivity (Wildman–Crippen MR) is 60.8 cm³/mol. The van der Waals surface area contributed by atoms with Crippen LogP contribution < -0.4 is 0 Å². The maximum Gasteiger partial charge on any atom is 0.338 e. The molecule has 0 aromatic heterocycles. The van der Waals surface area contributed by atoms with E-state index in [2.05, 4.69) is 0 Å². The first-order valence-electron chi connectivity index (χ1n) is 5.36. The summed E-state index contributed by atoms with van der Waals surface area (Å²) in [7, 11) is 0. The number of carbonyl (C=O) groups excluding carboxylic acids is 1. The van der Waals surface area contributed by atoms with Gasteiger partial charge in [0.2, 0.25) is 0 Å². The van der Waals surface area contributed by atoms with Crippen LogP contribution in [0.5, 0.6) is 0 Å². The first-order chi connectivity index (χ1) is 7.81. The van der Waals surface area contributed by atoms with Crippen molar-refractivity contribution in [3.63, 3.8) is 0 Å². The molecule has 1 aromatic carbocycles. The lowest BCUT2D eigenvalue weighted by atomic mass is 10.2. The lowest BCUT2D eigenvalue weighted by Gasteiger charge is -1.95. The highest BCUT2D eigenvalue weighted by atomic mass is 16.6. The molecule has 0 saturated carbocycles. The largest absolute Gasteiger partial charge is 0.464 e. The Morgan fingerprint density at radius 1 is 1.44 bits per heavy atom. The molecule has 1 saturated heterocycles. The summed E-state index contributed by atoms with van der Waals surface area (Å²) in [5.41, 5.74) is 1.10. The first kappa shape index (κ1) is 10.9. The van der Waals surface area contributed by atoms with Crippen LogP contribution in [0.3, 0.4) is 0 Å². The molecule has 1 aliphatic rings. The molecule has 3 nitrogen and oxygen atoms in total. The minimum Gasteiger partial charge on any atom is -0.464 e. The molecule has 1 aromatic rings. The highest BCUT2D eigenvalue weighted by Crippen LogP contribution is 2.25. The topological polar surface area (TPSA) is 38.8 Å². The molecule has 1 fully saturated rings. The van der Waals surface area contributed by atoms with Crippen molar-refractivity contribution in [2.75, 3.05) is 6.61 Å². The van der Waals surface area contributed by atoms with Crippen molar-refractivity contribution in [2.24, 2.45) is 0 Å². The average molecular weight is 218 g/mol. The Balaban J connectivity index is 1.85. The summed E-state index contributed by atoms with van der Waals surface area (Å²) in [5.74, 6) is -0.273. The number of benzene rings is 1. The van der Waals surface area contributed by atoms with Gasteiger partial charge in [0.05, 0.1) is 6.61 Å². The third-order valence-corrected chi connectivity index (χ3v) is 2.32. The molecule has 0 bridgehead atoms. The van der Waals surface area contributed by atoms with Gasteiger partial charge in [-0.05, 0) is 12.5 Å². The summed E-state index contributed by atoms with van der Waals surface area (Å²) in [6, 6.07) is 9.90. The summed E-state index contributed by atoms with van der Waals surface area (Å²) in [5, 5.41) is 0. The fraction of sp³-hybridized carbons (Fsp3) is 0.308. The van der Waals surface area contributed by atoms with Gasteiger partial charge in [-0.25, -0.2) is 4.79 Å². The molecule has 0 spiro atoms. The van der Waals surface area contributed by atoms with E-state index < -0.39 is 6.10 Å². The Labute approximate surface area is 94.7 Å². The van der Waals surface area contributed by atoms with E-state index in [0.29, 0.717) is 6.61 Å². The summed E-state index contributed by atoms with van der Waals surface area (Å²) in [6.45, 7) is 2.18. The van der Waals surface area contributed by atoms with Gasteiger partial charge in [-0.15, -0.1) is 0 Å². The second-order valence-electron chi connectivity index (χ2n) is 3.54. The van der Waals surface area contributed by atoms with E-state index in [1.807, 2.05) is 42.5 Å². The minimum absolute atomic E-state index is 0.126. The number of rotatable bonds is 4. The van der Waals surface area contributed by atoms with Crippen LogP contribution in [-0.4, -0.2) is 24.8 Å². The third kappa shape index (κ3) is 2.70. The second kappa shape index (κ2) is 4.94. The SMILES string of the molecule is CCOC(=O)C1OC1/C=C/c1ccccc1. The summed E-state index contributed by atoms with van der Waals surface area (Å²) in [4.78, 5) is 11.2. The lowest BCUT2D eigenvalue weighted by molar-refractivity contribution is -0.144. The summed E-state index contributed by atoms with van der Waals surface area (Å²) < 4.78 is 10.0. The van der Waals surface area contributed by atoms with E-state index >= 15 is 0 Å². The highest BCUT2D eigenvalue weighted by molar-refractivity contribution is 5.79. The van der Waals surface area contributed by atoms with Gasteiger partial charge in [0.25, 0.3) is 0 Å². The molecule has 1 heterocycles. The highest BCUT2D eigenvalue weighted by Gasteiger charge is 2.44. The zero-order valence-electron chi connectivity index (χ0n) is 9.13. The molecular formula is C13H14O3. The van der Waals surface area contributed by atoms with E-state index in [4.69, 9.17) is 9.47 Å². The number of carbonyl (C=O) groups is 1. The fourth-order valence-electron chi connectivity index (χ4n) is 1.45. The molecule has 0 aliphatic carbocycles. The number of esters is 1. The van der Waals surface area contributed by atoms with Gasteiger partial charge in [-0.2, -0.15) is 0 Å². The van der Waals surface area contributed by atoms with Crippen molar-refractivity contribution in [1.29, 1.82) is 0 Å². The zero-order valence-corrected chi connectivity index (χ0v) is 9.13. The Morgan fingerprint density at radius 3 is 2.88 bits per heavy atom. The van der Waals surface area contributed by atoms with Crippen molar-refractivity contribution in [1.82, 2.24) is 0 Å². The average Bonchev–Trinajstić information content (AvgIpc) is 3.08. The first-order valence-corrected chi connectivity index (χ1v) is 5.36. The molecule has 2 rings (SSSR count). The standard InChI is InChI=1S/C13H14O3/c1-2-15-13(14)12-11(16-12)9-8-10-6-4-3-5-7-10/h3-9,11-12H,2H2,1H3/b9-8+. The maximum atomic E-state index is 11.2. The Morgan fingerprint density at radius 2 is 2.19 bits per heavy atom. The van der Waals surface area contributed by atoms with Crippen molar-refractivity contribution < 1.29 is 14.3 Å². The molecule has 0 amide bonds. The molecule has 3 heteroatoms. The monoisotopic (exact) mass is 218 g/mol. The number of hydrogen-bond acceptors (Lipinski definition) is 3. The van der Waals surface area contributed by atoms with Crippen molar-refractivity contribution in [3.05, 3.63) is 42.0 Å². The maximum absolute atomic E-state index is 11.2. The van der Waals surface area contributed by atoms with Gasteiger partial charge in [-0.3, -0.25) is 0 Å². The fourth-order valence-corrected chi connectivity index (χ4v) is 1.45. The molecule has 0 radical (unpaired) electrons. The molecule has 2 atom stereocenters. The smallest absolute Gasteiger partial charge is 0.338 e. The van der Waals surface area contributed by atoms with Crippen LogP contribution in [0.15, 0.2) is 36.4 Å². The Hall–Kier alpha value is -1.61. The van der Waals surface area contributed by atoms with Crippen molar-refractivity contribution in [3.8, 4) is 0 Å². The summed E-state index contributed by atoms with van der Waals surface area (Å²) >= 11 is 0. The minimum atomic E-state index is -0.403. The van der Waals surface area contributed by atoms with Gasteiger partial charge < -0.3 is 9.47 Å². The van der Waals surface area contributed by atoms with Gasteiger partial charge in [0, 0.05) is 0 Å². The quantitative estimate of drug-likeness (QED) is 0.573. The van der Waals surface area contributed by atoms with Gasteiger partial charge in [0.15, 0.2) is 6.10 Å². The van der Waals surface area contributed by atoms with Crippen LogP contribution in [0.2, 0.25) is 0 Å². The molecular weight excluding hydrogens is 204 g/mol. The van der Waals surface area contributed by atoms with Crippen LogP contribution in [-0.2, 0) is 14.3 Å². The number of hydrogen-bond donors (Lipinski definition) is 0. The van der Waals surface area contributed by atoms with Crippen LogP contribution in [0.25, 0.3) is 6.08 Å². The zero-order chi connectivity index (χ0) is 11.4. The third-order valence-electron chi connectivity index (χ3n) is 2.32. The molecule has 0 N–H and O–H groups in total. The van der Waals surface area contributed by atoms with Gasteiger partial charge in [0.1, 0.15) is 6.10 Å². The van der Waals surface area contributed by atoms with E-state index in [1.54, 1.807) is 6.92 Å². The number of ether oxygens (including phenoxy) is 2. The normalized spacial score (nSPS) is 23.3. The Bertz CT molecular complexity index is 383. The lowest BCUT2D eigenvalue weighted by Crippen LogP contribution is -2.12. The van der Waals surface area contributed by atoms with Crippen molar-refractivity contribution >= 4 is 12.0 Å². The second-order valence-corrected chi connectivity index (χ2v) is 3.54. The number of epoxide rings is 1. The van der Waals surface area contributed by atoms with E-state index in [1.165, 1.54) is 0 Å². The van der Waals surface area contributed by atoms with E-state index in [0.717, 1.165) is 5.56 Å². The molecule has 2 unspecified atom stereocenters. The predicted octanol–water partition coefficient (Wildman–Crippen LogP) is 2.03. The van der Waals surface area contributed by atoms with Crippen LogP contribution in [0.4, 0.5) is 0 Å². The van der Waals surface area contributed by atoms with Crippen molar-refractivity contribution in [2.45, 2.75) is 19.1 Å². The Kier molecular flexibility index (Phi) is 3.37. The van der Waals surface area contributed by atoms with Crippen LogP contribution in [0.1, 0.15) is 12.5 Å². The molecule has 1 aliphatic heterocycles. The van der Waals surface area contributed by atoms with E-state index in [-0.39, 0.29) is 12.1 Å². The molecule has 84 valence electrons. The van der Waals surface area contributed by atoms with Crippen LogP contribution in [0, 0.1) is 0 Å².